The number of carbonyl (C=O) groups excluding carboxylic acids is 1. The predicted octanol–water partition coefficient (Wildman–Crippen LogP) is 3.40. The SMILES string of the molecule is CC(NC(=O)C1CCN(S(=O)(=O)c2ccc3c(c2)OCCCO3)CC1)c1ccc(F)cc1F. The van der Waals surface area contributed by atoms with Crippen molar-refractivity contribution in [2.24, 2.45) is 5.92 Å². The summed E-state index contributed by atoms with van der Waals surface area (Å²) in [4.78, 5) is 12.8. The Morgan fingerprint density at radius 1 is 1.06 bits per heavy atom. The Morgan fingerprint density at radius 3 is 2.45 bits per heavy atom. The van der Waals surface area contributed by atoms with Crippen LogP contribution in [-0.2, 0) is 14.8 Å². The first kappa shape index (κ1) is 23.4. The average Bonchev–Trinajstić information content (AvgIpc) is 3.04. The van der Waals surface area contributed by atoms with Crippen molar-refractivity contribution in [2.75, 3.05) is 26.3 Å². The molecule has 10 heteroatoms. The molecule has 2 aliphatic heterocycles. The standard InChI is InChI=1S/C23H26F2N2O5S/c1-15(19-5-3-17(24)13-20(19)25)26-23(28)16-7-9-27(10-8-16)33(29,30)18-4-6-21-22(14-18)32-12-2-11-31-21/h3-6,13-16H,2,7-12H2,1H3,(H,26,28). The lowest BCUT2D eigenvalue weighted by molar-refractivity contribution is -0.126. The fourth-order valence-corrected chi connectivity index (χ4v) is 5.56. The number of piperidine rings is 1. The summed E-state index contributed by atoms with van der Waals surface area (Å²) in [6.45, 7) is 2.97. The van der Waals surface area contributed by atoms with Gasteiger partial charge in [-0.2, -0.15) is 4.31 Å². The number of sulfonamides is 1. The van der Waals surface area contributed by atoms with E-state index in [0.717, 1.165) is 18.6 Å². The van der Waals surface area contributed by atoms with E-state index >= 15 is 0 Å². The van der Waals surface area contributed by atoms with Gasteiger partial charge in [-0.15, -0.1) is 0 Å². The lowest BCUT2D eigenvalue weighted by Crippen LogP contribution is -2.43. The molecule has 4 rings (SSSR count). The van der Waals surface area contributed by atoms with Gasteiger partial charge < -0.3 is 14.8 Å². The monoisotopic (exact) mass is 480 g/mol. The van der Waals surface area contributed by atoms with Crippen LogP contribution < -0.4 is 14.8 Å². The molecule has 2 heterocycles. The smallest absolute Gasteiger partial charge is 0.243 e. The second-order valence-corrected chi connectivity index (χ2v) is 10.2. The molecule has 0 aliphatic carbocycles. The average molecular weight is 481 g/mol. The quantitative estimate of drug-likeness (QED) is 0.709. The number of hydrogen-bond donors (Lipinski definition) is 1. The topological polar surface area (TPSA) is 84.9 Å². The van der Waals surface area contributed by atoms with Crippen molar-refractivity contribution in [1.82, 2.24) is 9.62 Å². The van der Waals surface area contributed by atoms with E-state index < -0.39 is 33.6 Å². The number of hydrogen-bond acceptors (Lipinski definition) is 5. The number of nitrogens with one attached hydrogen (secondary N) is 1. The Labute approximate surface area is 191 Å². The molecule has 1 fully saturated rings. The number of fused-ring (bicyclic) bond motifs is 1. The van der Waals surface area contributed by atoms with Crippen molar-refractivity contribution in [1.29, 1.82) is 0 Å². The maximum absolute atomic E-state index is 14.0. The minimum Gasteiger partial charge on any atom is -0.490 e. The molecule has 1 N–H and O–H groups in total. The number of ether oxygens (including phenoxy) is 2. The molecule has 178 valence electrons. The van der Waals surface area contributed by atoms with Gasteiger partial charge in [0.05, 0.1) is 24.2 Å². The first-order valence-electron chi connectivity index (χ1n) is 10.9. The lowest BCUT2D eigenvalue weighted by Gasteiger charge is -2.31. The van der Waals surface area contributed by atoms with Crippen LogP contribution in [0.3, 0.4) is 0 Å². The van der Waals surface area contributed by atoms with Crippen molar-refractivity contribution >= 4 is 15.9 Å². The van der Waals surface area contributed by atoms with E-state index in [1.165, 1.54) is 22.5 Å². The van der Waals surface area contributed by atoms with Gasteiger partial charge in [-0.1, -0.05) is 6.07 Å². The van der Waals surface area contributed by atoms with Crippen molar-refractivity contribution in [3.63, 3.8) is 0 Å². The van der Waals surface area contributed by atoms with Gasteiger partial charge in [0.25, 0.3) is 0 Å². The molecule has 0 bridgehead atoms. The Balaban J connectivity index is 1.38. The summed E-state index contributed by atoms with van der Waals surface area (Å²) in [7, 11) is -3.75. The number of amides is 1. The van der Waals surface area contributed by atoms with E-state index in [2.05, 4.69) is 5.32 Å². The van der Waals surface area contributed by atoms with Crippen LogP contribution >= 0.6 is 0 Å². The van der Waals surface area contributed by atoms with Crippen LogP contribution in [0, 0.1) is 17.6 Å². The summed E-state index contributed by atoms with van der Waals surface area (Å²) in [6.07, 6.45) is 1.40. The molecular formula is C23H26F2N2O5S. The summed E-state index contributed by atoms with van der Waals surface area (Å²) in [5, 5.41) is 2.75. The van der Waals surface area contributed by atoms with Crippen LogP contribution in [0.2, 0.25) is 0 Å². The predicted molar refractivity (Wildman–Crippen MR) is 116 cm³/mol. The highest BCUT2D eigenvalue weighted by molar-refractivity contribution is 7.89. The number of halogens is 2. The van der Waals surface area contributed by atoms with Crippen molar-refractivity contribution in [3.8, 4) is 11.5 Å². The fourth-order valence-electron chi connectivity index (χ4n) is 4.07. The summed E-state index contributed by atoms with van der Waals surface area (Å²) in [5.41, 5.74) is 0.194. The van der Waals surface area contributed by atoms with E-state index in [1.807, 2.05) is 0 Å². The molecule has 0 radical (unpaired) electrons. The normalized spacial score (nSPS) is 18.4. The molecule has 2 aliphatic rings. The highest BCUT2D eigenvalue weighted by Gasteiger charge is 2.33. The third-order valence-corrected chi connectivity index (χ3v) is 7.86. The van der Waals surface area contributed by atoms with Crippen LogP contribution in [0.1, 0.15) is 37.8 Å². The van der Waals surface area contributed by atoms with Gasteiger partial charge in [0.1, 0.15) is 11.6 Å². The zero-order valence-electron chi connectivity index (χ0n) is 18.2. The van der Waals surface area contributed by atoms with Gasteiger partial charge in [-0.25, -0.2) is 17.2 Å². The van der Waals surface area contributed by atoms with Gasteiger partial charge in [0.2, 0.25) is 15.9 Å². The second kappa shape index (κ2) is 9.64. The zero-order chi connectivity index (χ0) is 23.6. The molecule has 2 aromatic carbocycles. The van der Waals surface area contributed by atoms with E-state index in [-0.39, 0.29) is 29.5 Å². The number of nitrogens with zero attached hydrogens (tertiary/aromatic N) is 1. The fraction of sp³-hybridized carbons (Fsp3) is 0.435. The molecule has 1 unspecified atom stereocenters. The summed E-state index contributed by atoms with van der Waals surface area (Å²) < 4.78 is 65.9. The molecule has 1 atom stereocenters. The van der Waals surface area contributed by atoms with Gasteiger partial charge in [-0.3, -0.25) is 4.79 Å². The first-order chi connectivity index (χ1) is 15.8. The second-order valence-electron chi connectivity index (χ2n) is 8.23. The summed E-state index contributed by atoms with van der Waals surface area (Å²) >= 11 is 0. The van der Waals surface area contributed by atoms with Gasteiger partial charge in [0, 0.05) is 43.1 Å². The van der Waals surface area contributed by atoms with Crippen molar-refractivity contribution < 1.29 is 31.5 Å². The van der Waals surface area contributed by atoms with Crippen LogP contribution in [0.25, 0.3) is 0 Å². The molecule has 0 saturated carbocycles. The van der Waals surface area contributed by atoms with Gasteiger partial charge in [-0.05, 0) is 38.0 Å². The molecule has 7 nitrogen and oxygen atoms in total. The van der Waals surface area contributed by atoms with Gasteiger partial charge >= 0.3 is 0 Å². The number of carbonyl (C=O) groups is 1. The molecule has 1 saturated heterocycles. The Hall–Kier alpha value is -2.72. The lowest BCUT2D eigenvalue weighted by atomic mass is 9.96. The number of benzene rings is 2. The Bertz CT molecular complexity index is 1130. The maximum Gasteiger partial charge on any atom is 0.243 e. The third-order valence-electron chi connectivity index (χ3n) is 5.97. The molecule has 1 amide bonds. The van der Waals surface area contributed by atoms with Crippen LogP contribution in [0.5, 0.6) is 11.5 Å². The van der Waals surface area contributed by atoms with Crippen LogP contribution in [0.4, 0.5) is 8.78 Å². The van der Waals surface area contributed by atoms with E-state index in [0.29, 0.717) is 37.6 Å². The van der Waals surface area contributed by atoms with E-state index in [1.54, 1.807) is 13.0 Å². The molecule has 0 spiro atoms. The molecular weight excluding hydrogens is 454 g/mol. The first-order valence-corrected chi connectivity index (χ1v) is 12.3. The maximum atomic E-state index is 14.0. The zero-order valence-corrected chi connectivity index (χ0v) is 19.0. The van der Waals surface area contributed by atoms with Crippen molar-refractivity contribution in [3.05, 3.63) is 53.6 Å². The Kier molecular flexibility index (Phi) is 6.85. The van der Waals surface area contributed by atoms with E-state index in [9.17, 15) is 22.0 Å². The summed E-state index contributed by atoms with van der Waals surface area (Å²) in [5.74, 6) is -1.15. The van der Waals surface area contributed by atoms with Crippen LogP contribution in [0.15, 0.2) is 41.3 Å². The minimum absolute atomic E-state index is 0.120. The van der Waals surface area contributed by atoms with Gasteiger partial charge in [0.15, 0.2) is 11.5 Å². The Morgan fingerprint density at radius 2 is 1.76 bits per heavy atom. The molecule has 33 heavy (non-hydrogen) atoms. The number of rotatable bonds is 5. The molecule has 2 aromatic rings. The highest BCUT2D eigenvalue weighted by Crippen LogP contribution is 2.34. The highest BCUT2D eigenvalue weighted by atomic mass is 32.2. The summed E-state index contributed by atoms with van der Waals surface area (Å²) in [6, 6.07) is 7.17. The largest absolute Gasteiger partial charge is 0.490 e. The van der Waals surface area contributed by atoms with Crippen molar-refractivity contribution in [2.45, 2.75) is 37.1 Å². The van der Waals surface area contributed by atoms with E-state index in [4.69, 9.17) is 9.47 Å². The van der Waals surface area contributed by atoms with Crippen LogP contribution in [-0.4, -0.2) is 44.9 Å². The minimum atomic E-state index is -3.75. The third kappa shape index (κ3) is 5.11. The molecule has 0 aromatic heterocycles.